The van der Waals surface area contributed by atoms with E-state index in [9.17, 15) is 8.42 Å². The Labute approximate surface area is 186 Å². The summed E-state index contributed by atoms with van der Waals surface area (Å²) in [5.41, 5.74) is 0.481. The van der Waals surface area contributed by atoms with E-state index in [0.717, 1.165) is 20.1 Å². The molecule has 4 rings (SSSR count). The van der Waals surface area contributed by atoms with Crippen LogP contribution in [0.3, 0.4) is 0 Å². The largest absolute Gasteiger partial charge is 0.495 e. The summed E-state index contributed by atoms with van der Waals surface area (Å²) in [6, 6.07) is 15.8. The van der Waals surface area contributed by atoms with Gasteiger partial charge in [0.05, 0.1) is 28.3 Å². The molecule has 0 atom stereocenters. The van der Waals surface area contributed by atoms with Crippen LogP contribution >= 0.6 is 27.7 Å². The van der Waals surface area contributed by atoms with Crippen molar-refractivity contribution in [2.24, 2.45) is 0 Å². The SMILES string of the molecule is COc1c(SCc2ncn[nH]2)cc(NS(=O)(=O)c2ccc(Br)cc2)c2ccccc12. The number of anilines is 1. The number of aromatic nitrogens is 3. The smallest absolute Gasteiger partial charge is 0.261 e. The number of fused-ring (bicyclic) bond motifs is 1. The first-order valence-corrected chi connectivity index (χ1v) is 12.1. The minimum absolute atomic E-state index is 0.182. The Morgan fingerprint density at radius 2 is 1.87 bits per heavy atom. The van der Waals surface area contributed by atoms with E-state index in [2.05, 4.69) is 35.8 Å². The standard InChI is InChI=1S/C20H17BrN4O3S2/c1-28-20-16-5-3-2-4-15(16)17(10-18(20)29-11-19-22-12-23-24-19)25-30(26,27)14-8-6-13(21)7-9-14/h2-10,12,25H,11H2,1H3,(H,22,23,24). The number of hydrogen-bond acceptors (Lipinski definition) is 6. The minimum Gasteiger partial charge on any atom is -0.495 e. The number of thioether (sulfide) groups is 1. The molecule has 4 aromatic rings. The van der Waals surface area contributed by atoms with Crippen LogP contribution in [-0.2, 0) is 15.8 Å². The molecule has 0 aliphatic heterocycles. The van der Waals surface area contributed by atoms with E-state index in [4.69, 9.17) is 4.74 Å². The number of nitrogens with one attached hydrogen (secondary N) is 2. The molecule has 0 spiro atoms. The monoisotopic (exact) mass is 504 g/mol. The maximum atomic E-state index is 13.0. The number of aromatic amines is 1. The van der Waals surface area contributed by atoms with Gasteiger partial charge in [0, 0.05) is 15.2 Å². The molecule has 0 aliphatic carbocycles. The van der Waals surface area contributed by atoms with Crippen molar-refractivity contribution in [2.75, 3.05) is 11.8 Å². The molecule has 7 nitrogen and oxygen atoms in total. The van der Waals surface area contributed by atoms with Crippen molar-refractivity contribution in [3.8, 4) is 5.75 Å². The average Bonchev–Trinajstić information content (AvgIpc) is 3.26. The fraction of sp³-hybridized carbons (Fsp3) is 0.100. The van der Waals surface area contributed by atoms with E-state index in [1.54, 1.807) is 37.4 Å². The lowest BCUT2D eigenvalue weighted by Gasteiger charge is -2.16. The number of benzene rings is 3. The van der Waals surface area contributed by atoms with Crippen LogP contribution < -0.4 is 9.46 Å². The zero-order valence-electron chi connectivity index (χ0n) is 15.8. The molecule has 2 N–H and O–H groups in total. The summed E-state index contributed by atoms with van der Waals surface area (Å²) in [6.07, 6.45) is 1.45. The van der Waals surface area contributed by atoms with Gasteiger partial charge in [-0.15, -0.1) is 11.8 Å². The first-order chi connectivity index (χ1) is 14.5. The van der Waals surface area contributed by atoms with E-state index in [0.29, 0.717) is 23.0 Å². The van der Waals surface area contributed by atoms with Gasteiger partial charge in [-0.1, -0.05) is 40.2 Å². The second-order valence-electron chi connectivity index (χ2n) is 6.28. The summed E-state index contributed by atoms with van der Waals surface area (Å²) in [6.45, 7) is 0. The molecule has 0 aliphatic rings. The lowest BCUT2D eigenvalue weighted by Crippen LogP contribution is -2.13. The van der Waals surface area contributed by atoms with Crippen molar-refractivity contribution in [3.05, 3.63) is 71.2 Å². The van der Waals surface area contributed by atoms with Crippen LogP contribution in [0.2, 0.25) is 0 Å². The zero-order chi connectivity index (χ0) is 21.1. The van der Waals surface area contributed by atoms with Gasteiger partial charge in [-0.3, -0.25) is 9.82 Å². The van der Waals surface area contributed by atoms with Crippen molar-refractivity contribution < 1.29 is 13.2 Å². The van der Waals surface area contributed by atoms with Crippen LogP contribution in [0.4, 0.5) is 5.69 Å². The minimum atomic E-state index is -3.77. The van der Waals surface area contributed by atoms with Crippen molar-refractivity contribution in [1.29, 1.82) is 0 Å². The van der Waals surface area contributed by atoms with E-state index in [1.165, 1.54) is 18.1 Å². The van der Waals surface area contributed by atoms with E-state index in [-0.39, 0.29) is 4.90 Å². The van der Waals surface area contributed by atoms with Crippen molar-refractivity contribution in [3.63, 3.8) is 0 Å². The maximum absolute atomic E-state index is 13.0. The molecule has 154 valence electrons. The number of halogens is 1. The Morgan fingerprint density at radius 3 is 2.53 bits per heavy atom. The van der Waals surface area contributed by atoms with Crippen LogP contribution in [0, 0.1) is 0 Å². The van der Waals surface area contributed by atoms with E-state index in [1.807, 2.05) is 24.3 Å². The Hall–Kier alpha value is -2.56. The number of sulfonamides is 1. The highest BCUT2D eigenvalue weighted by molar-refractivity contribution is 9.10. The van der Waals surface area contributed by atoms with Crippen LogP contribution in [0.1, 0.15) is 5.82 Å². The maximum Gasteiger partial charge on any atom is 0.261 e. The quantitative estimate of drug-likeness (QED) is 0.350. The molecule has 0 saturated heterocycles. The Kier molecular flexibility index (Phi) is 5.98. The van der Waals surface area contributed by atoms with Gasteiger partial charge in [0.15, 0.2) is 0 Å². The third-order valence-corrected chi connectivity index (χ3v) is 7.30. The highest BCUT2D eigenvalue weighted by Crippen LogP contribution is 2.41. The third kappa shape index (κ3) is 4.30. The van der Waals surface area contributed by atoms with Crippen molar-refractivity contribution in [2.45, 2.75) is 15.5 Å². The van der Waals surface area contributed by atoms with Gasteiger partial charge in [0.25, 0.3) is 10.0 Å². The zero-order valence-corrected chi connectivity index (χ0v) is 19.0. The predicted octanol–water partition coefficient (Wildman–Crippen LogP) is 4.82. The predicted molar refractivity (Wildman–Crippen MR) is 121 cm³/mol. The number of methoxy groups -OCH3 is 1. The summed E-state index contributed by atoms with van der Waals surface area (Å²) in [4.78, 5) is 5.11. The van der Waals surface area contributed by atoms with Gasteiger partial charge in [-0.2, -0.15) is 5.10 Å². The van der Waals surface area contributed by atoms with E-state index >= 15 is 0 Å². The van der Waals surface area contributed by atoms with Crippen molar-refractivity contribution >= 4 is 54.2 Å². The molecule has 0 radical (unpaired) electrons. The number of hydrogen-bond donors (Lipinski definition) is 2. The third-order valence-electron chi connectivity index (χ3n) is 4.36. The van der Waals surface area contributed by atoms with Crippen LogP contribution in [0.25, 0.3) is 10.8 Å². The molecule has 1 heterocycles. The summed E-state index contributed by atoms with van der Waals surface area (Å²) < 4.78 is 35.2. The summed E-state index contributed by atoms with van der Waals surface area (Å²) in [5, 5.41) is 8.24. The first kappa shape index (κ1) is 20.7. The Bertz CT molecular complexity index is 1280. The van der Waals surface area contributed by atoms with Gasteiger partial charge in [0.1, 0.15) is 17.9 Å². The molecule has 0 amide bonds. The molecular weight excluding hydrogens is 488 g/mol. The highest BCUT2D eigenvalue weighted by Gasteiger charge is 2.19. The fourth-order valence-corrected chi connectivity index (χ4v) is 5.28. The molecule has 0 fully saturated rings. The second-order valence-corrected chi connectivity index (χ2v) is 9.90. The van der Waals surface area contributed by atoms with Gasteiger partial charge < -0.3 is 4.74 Å². The number of ether oxygens (including phenoxy) is 1. The van der Waals surface area contributed by atoms with Gasteiger partial charge in [-0.05, 0) is 30.3 Å². The number of nitrogens with zero attached hydrogens (tertiary/aromatic N) is 2. The summed E-state index contributed by atoms with van der Waals surface area (Å²) in [7, 11) is -2.16. The highest BCUT2D eigenvalue weighted by atomic mass is 79.9. The van der Waals surface area contributed by atoms with Crippen molar-refractivity contribution in [1.82, 2.24) is 15.2 Å². The lowest BCUT2D eigenvalue weighted by atomic mass is 10.1. The molecular formula is C20H17BrN4O3S2. The van der Waals surface area contributed by atoms with Crippen LogP contribution in [-0.4, -0.2) is 30.7 Å². The fourth-order valence-electron chi connectivity index (χ4n) is 2.99. The summed E-state index contributed by atoms with van der Waals surface area (Å²) in [5.74, 6) is 1.93. The van der Waals surface area contributed by atoms with Gasteiger partial charge in [0.2, 0.25) is 0 Å². The topological polar surface area (TPSA) is 97.0 Å². The van der Waals surface area contributed by atoms with Crippen LogP contribution in [0.5, 0.6) is 5.75 Å². The molecule has 0 bridgehead atoms. The summed E-state index contributed by atoms with van der Waals surface area (Å²) >= 11 is 4.81. The molecule has 3 aromatic carbocycles. The molecule has 0 saturated carbocycles. The first-order valence-electron chi connectivity index (χ1n) is 8.83. The molecule has 10 heteroatoms. The number of rotatable bonds is 7. The van der Waals surface area contributed by atoms with E-state index < -0.39 is 10.0 Å². The second kappa shape index (κ2) is 8.66. The lowest BCUT2D eigenvalue weighted by molar-refractivity contribution is 0.410. The normalized spacial score (nSPS) is 11.5. The molecule has 0 unspecified atom stereocenters. The Balaban J connectivity index is 1.77. The number of H-pyrrole nitrogens is 1. The van der Waals surface area contributed by atoms with Gasteiger partial charge in [-0.25, -0.2) is 13.4 Å². The molecule has 1 aromatic heterocycles. The molecule has 30 heavy (non-hydrogen) atoms. The van der Waals surface area contributed by atoms with Gasteiger partial charge >= 0.3 is 0 Å². The average molecular weight is 505 g/mol. The Morgan fingerprint density at radius 1 is 1.13 bits per heavy atom. The van der Waals surface area contributed by atoms with Crippen LogP contribution in [0.15, 0.2) is 75.2 Å².